The first kappa shape index (κ1) is 30.7. The van der Waals surface area contributed by atoms with E-state index in [1.165, 1.54) is 32.6 Å². The lowest BCUT2D eigenvalue weighted by Crippen LogP contribution is -1.97. The van der Waals surface area contributed by atoms with Crippen LogP contribution < -0.4 is 0 Å². The third kappa shape index (κ3) is 4.51. The second-order valence-electron chi connectivity index (χ2n) is 14.0. The number of benzene rings is 8. The highest BCUT2D eigenvalue weighted by atomic mass is 15.0. The zero-order chi connectivity index (χ0) is 36.6. The molecule has 0 unspecified atom stereocenters. The third-order valence-corrected chi connectivity index (χ3v) is 11.1. The van der Waals surface area contributed by atoms with Gasteiger partial charge in [-0.3, -0.25) is 0 Å². The molecule has 11 rings (SSSR count). The van der Waals surface area contributed by atoms with Gasteiger partial charge < -0.3 is 13.7 Å². The van der Waals surface area contributed by atoms with E-state index in [0.717, 1.165) is 61.0 Å². The molecule has 0 fully saturated rings. The number of rotatable bonds is 4. The SMILES string of the molecule is [C-]#[N+]c1cc(-c2cccc(-n3c4ccccc4c4ccc(-n5c6ccccc6c6ccccc65)cc43)c2)ccc1-n1c2ccccc2c2ccc(C#N)cc21. The molecule has 0 aliphatic carbocycles. The smallest absolute Gasteiger partial charge is 0.211 e. The molecule has 3 aromatic heterocycles. The fraction of sp³-hybridized carbons (Fsp3) is 0. The van der Waals surface area contributed by atoms with E-state index in [0.29, 0.717) is 11.3 Å². The maximum absolute atomic E-state index is 9.73. The minimum Gasteiger partial charge on any atom is -0.319 e. The highest BCUT2D eigenvalue weighted by Crippen LogP contribution is 2.40. The quantitative estimate of drug-likeness (QED) is 0.169. The molecule has 0 aliphatic rings. The Morgan fingerprint density at radius 3 is 1.49 bits per heavy atom. The molecule has 0 saturated carbocycles. The zero-order valence-electron chi connectivity index (χ0n) is 29.5. The van der Waals surface area contributed by atoms with Crippen LogP contribution in [0.2, 0.25) is 0 Å². The fourth-order valence-electron chi connectivity index (χ4n) is 8.68. The Bertz CT molecular complexity index is 3420. The molecule has 5 heteroatoms. The molecule has 0 spiro atoms. The number of para-hydroxylation sites is 4. The van der Waals surface area contributed by atoms with Gasteiger partial charge in [0.15, 0.2) is 0 Å². The molecule has 0 N–H and O–H groups in total. The van der Waals surface area contributed by atoms with Gasteiger partial charge in [0, 0.05) is 43.7 Å². The lowest BCUT2D eigenvalue weighted by molar-refractivity contribution is 1.15. The van der Waals surface area contributed by atoms with E-state index >= 15 is 0 Å². The van der Waals surface area contributed by atoms with Crippen molar-refractivity contribution in [1.29, 1.82) is 5.26 Å². The minimum atomic E-state index is 0.542. The van der Waals surface area contributed by atoms with Crippen LogP contribution in [-0.2, 0) is 0 Å². The summed E-state index contributed by atoms with van der Waals surface area (Å²) in [5, 5.41) is 16.7. The second-order valence-corrected chi connectivity index (χ2v) is 14.0. The zero-order valence-corrected chi connectivity index (χ0v) is 29.5. The molecule has 254 valence electrons. The summed E-state index contributed by atoms with van der Waals surface area (Å²) in [6.45, 7) is 8.31. The van der Waals surface area contributed by atoms with E-state index in [1.54, 1.807) is 0 Å². The predicted octanol–water partition coefficient (Wildman–Crippen LogP) is 13.1. The fourth-order valence-corrected chi connectivity index (χ4v) is 8.68. The molecule has 5 nitrogen and oxygen atoms in total. The van der Waals surface area contributed by atoms with Gasteiger partial charge in [0.2, 0.25) is 5.69 Å². The van der Waals surface area contributed by atoms with Crippen LogP contribution in [0.15, 0.2) is 176 Å². The maximum Gasteiger partial charge on any atom is 0.211 e. The van der Waals surface area contributed by atoms with Crippen molar-refractivity contribution in [3.63, 3.8) is 0 Å². The van der Waals surface area contributed by atoms with Gasteiger partial charge in [-0.25, -0.2) is 4.85 Å². The van der Waals surface area contributed by atoms with Crippen molar-refractivity contribution < 1.29 is 0 Å². The van der Waals surface area contributed by atoms with Crippen molar-refractivity contribution in [3.05, 3.63) is 193 Å². The second kappa shape index (κ2) is 11.8. The van der Waals surface area contributed by atoms with Gasteiger partial charge in [-0.15, -0.1) is 0 Å². The van der Waals surface area contributed by atoms with E-state index in [4.69, 9.17) is 6.57 Å². The monoisotopic (exact) mass is 699 g/mol. The van der Waals surface area contributed by atoms with Crippen molar-refractivity contribution in [2.75, 3.05) is 0 Å². The number of hydrogen-bond donors (Lipinski definition) is 0. The van der Waals surface area contributed by atoms with Crippen LogP contribution in [0, 0.1) is 17.9 Å². The average molecular weight is 700 g/mol. The molecule has 11 aromatic rings. The van der Waals surface area contributed by atoms with Gasteiger partial charge in [0.1, 0.15) is 0 Å². The van der Waals surface area contributed by atoms with Gasteiger partial charge >= 0.3 is 0 Å². The van der Waals surface area contributed by atoms with Crippen LogP contribution in [0.25, 0.3) is 98.5 Å². The van der Waals surface area contributed by atoms with E-state index < -0.39 is 0 Å². The highest BCUT2D eigenvalue weighted by Gasteiger charge is 2.19. The normalized spacial score (nSPS) is 11.6. The number of hydrogen-bond acceptors (Lipinski definition) is 1. The van der Waals surface area contributed by atoms with Crippen LogP contribution in [0.5, 0.6) is 0 Å². The van der Waals surface area contributed by atoms with Crippen molar-refractivity contribution in [2.24, 2.45) is 0 Å². The van der Waals surface area contributed by atoms with Crippen LogP contribution in [0.1, 0.15) is 5.56 Å². The van der Waals surface area contributed by atoms with Gasteiger partial charge in [-0.2, -0.15) is 5.26 Å². The summed E-state index contributed by atoms with van der Waals surface area (Å²) < 4.78 is 6.85. The Balaban J connectivity index is 1.08. The highest BCUT2D eigenvalue weighted by molar-refractivity contribution is 6.12. The van der Waals surface area contributed by atoms with Crippen LogP contribution in [0.3, 0.4) is 0 Å². The lowest BCUT2D eigenvalue weighted by Gasteiger charge is -2.14. The van der Waals surface area contributed by atoms with Crippen molar-refractivity contribution in [2.45, 2.75) is 0 Å². The van der Waals surface area contributed by atoms with E-state index in [9.17, 15) is 5.26 Å². The number of nitriles is 1. The van der Waals surface area contributed by atoms with Crippen molar-refractivity contribution >= 4 is 71.1 Å². The summed E-state index contributed by atoms with van der Waals surface area (Å²) in [4.78, 5) is 4.06. The molecular weight excluding hydrogens is 671 g/mol. The summed E-state index contributed by atoms with van der Waals surface area (Å²) in [7, 11) is 0. The average Bonchev–Trinajstić information content (AvgIpc) is 3.88. The number of nitrogens with zero attached hydrogens (tertiary/aromatic N) is 5. The van der Waals surface area contributed by atoms with Gasteiger partial charge in [0.05, 0.1) is 57.0 Å². The first-order valence-electron chi connectivity index (χ1n) is 18.3. The summed E-state index contributed by atoms with van der Waals surface area (Å²) in [6, 6.07) is 63.7. The minimum absolute atomic E-state index is 0.542. The molecule has 0 saturated heterocycles. The molecule has 0 atom stereocenters. The Morgan fingerprint density at radius 1 is 0.400 bits per heavy atom. The topological polar surface area (TPSA) is 42.9 Å². The van der Waals surface area contributed by atoms with Gasteiger partial charge in [-0.1, -0.05) is 103 Å². The summed E-state index contributed by atoms with van der Waals surface area (Å²) in [5.74, 6) is 0. The van der Waals surface area contributed by atoms with Crippen LogP contribution in [0.4, 0.5) is 5.69 Å². The molecule has 3 heterocycles. The molecular formula is C50H29N5. The largest absolute Gasteiger partial charge is 0.319 e. The molecule has 0 amide bonds. The Kier molecular flexibility index (Phi) is 6.61. The summed E-state index contributed by atoms with van der Waals surface area (Å²) in [6.07, 6.45) is 0. The van der Waals surface area contributed by atoms with Crippen molar-refractivity contribution in [1.82, 2.24) is 13.7 Å². The Labute approximate surface area is 316 Å². The van der Waals surface area contributed by atoms with Crippen molar-refractivity contribution in [3.8, 4) is 34.3 Å². The van der Waals surface area contributed by atoms with E-state index in [1.807, 2.05) is 42.5 Å². The molecule has 8 aromatic carbocycles. The number of aromatic nitrogens is 3. The summed E-state index contributed by atoms with van der Waals surface area (Å²) >= 11 is 0. The molecule has 0 radical (unpaired) electrons. The summed E-state index contributed by atoms with van der Waals surface area (Å²) in [5.41, 5.74) is 12.6. The van der Waals surface area contributed by atoms with Gasteiger partial charge in [-0.05, 0) is 83.9 Å². The van der Waals surface area contributed by atoms with Gasteiger partial charge in [0.25, 0.3) is 0 Å². The molecule has 0 aliphatic heterocycles. The third-order valence-electron chi connectivity index (χ3n) is 11.1. The van der Waals surface area contributed by atoms with E-state index in [2.05, 4.69) is 158 Å². The predicted molar refractivity (Wildman–Crippen MR) is 226 cm³/mol. The molecule has 55 heavy (non-hydrogen) atoms. The maximum atomic E-state index is 9.73. The number of fused-ring (bicyclic) bond motifs is 9. The first-order valence-corrected chi connectivity index (χ1v) is 18.3. The Hall–Kier alpha value is -7.86. The molecule has 0 bridgehead atoms. The van der Waals surface area contributed by atoms with Crippen LogP contribution >= 0.6 is 0 Å². The standard InChI is InChI=1S/C50H29N5/c1-52-43-29-34(22-26-48(43)55-47-20-9-5-16-40(47)41-24-21-32(31-51)27-49(41)55)33-11-10-12-35(28-33)54-46-19-8-4-15-39(46)42-25-23-36(30-50(42)54)53-44-17-6-2-13-37(44)38-14-3-7-18-45(38)53/h2-30H. The first-order chi connectivity index (χ1) is 27.2. The van der Waals surface area contributed by atoms with Crippen LogP contribution in [-0.4, -0.2) is 13.7 Å². The Morgan fingerprint density at radius 2 is 0.891 bits per heavy atom. The lowest BCUT2D eigenvalue weighted by atomic mass is 10.0. The van der Waals surface area contributed by atoms with E-state index in [-0.39, 0.29) is 0 Å².